The van der Waals surface area contributed by atoms with Crippen LogP contribution in [-0.2, 0) is 6.54 Å². The average Bonchev–Trinajstić information content (AvgIpc) is 3.13. The van der Waals surface area contributed by atoms with Gasteiger partial charge in [0, 0.05) is 24.2 Å². The van der Waals surface area contributed by atoms with Crippen molar-refractivity contribution in [3.63, 3.8) is 0 Å². The summed E-state index contributed by atoms with van der Waals surface area (Å²) in [4.78, 5) is 18.3. The maximum atomic E-state index is 12.2. The number of benzene rings is 1. The zero-order valence-electron chi connectivity index (χ0n) is 13.9. The van der Waals surface area contributed by atoms with Crippen LogP contribution in [0.1, 0.15) is 30.3 Å². The molecular weight excluding hydrogens is 318 g/mol. The van der Waals surface area contributed by atoms with E-state index in [0.717, 1.165) is 22.8 Å². The lowest BCUT2D eigenvalue weighted by molar-refractivity contribution is 0.217. The van der Waals surface area contributed by atoms with Gasteiger partial charge in [-0.25, -0.2) is 9.78 Å². The highest BCUT2D eigenvalue weighted by atomic mass is 16.3. The summed E-state index contributed by atoms with van der Waals surface area (Å²) in [6.45, 7) is 0.415. The number of nitrogens with zero attached hydrogens (tertiary/aromatic N) is 3. The summed E-state index contributed by atoms with van der Waals surface area (Å²) in [5.41, 5.74) is 1.64. The Bertz CT molecular complexity index is 850. The third-order valence-electron chi connectivity index (χ3n) is 4.18. The van der Waals surface area contributed by atoms with E-state index in [1.54, 1.807) is 24.3 Å². The summed E-state index contributed by atoms with van der Waals surface area (Å²) in [7, 11) is 1.72. The van der Waals surface area contributed by atoms with Crippen LogP contribution in [0.4, 0.5) is 10.5 Å². The van der Waals surface area contributed by atoms with Gasteiger partial charge in [0.15, 0.2) is 5.82 Å². The van der Waals surface area contributed by atoms with E-state index in [-0.39, 0.29) is 6.03 Å². The monoisotopic (exact) mass is 337 g/mol. The van der Waals surface area contributed by atoms with Gasteiger partial charge in [0.1, 0.15) is 11.6 Å². The first-order valence-corrected chi connectivity index (χ1v) is 8.26. The standard InChI is InChI=1S/C18H19N5O2/c1-23(11-15-3-2-10-25-15)18(24)19-14-8-6-13(7-9-14)17-20-16(21-22-17)12-4-5-12/h2-3,6-10,12H,4-5,11H2,1H3,(H,19,24)(H,20,21,22). The van der Waals surface area contributed by atoms with E-state index < -0.39 is 0 Å². The van der Waals surface area contributed by atoms with E-state index in [0.29, 0.717) is 18.3 Å². The summed E-state index contributed by atoms with van der Waals surface area (Å²) in [5, 5.41) is 10.1. The van der Waals surface area contributed by atoms with Crippen LogP contribution in [0.2, 0.25) is 0 Å². The first kappa shape index (κ1) is 15.4. The topological polar surface area (TPSA) is 87.0 Å². The Hall–Kier alpha value is -3.09. The highest BCUT2D eigenvalue weighted by Gasteiger charge is 2.27. The molecule has 128 valence electrons. The smallest absolute Gasteiger partial charge is 0.321 e. The number of hydrogen-bond acceptors (Lipinski definition) is 4. The van der Waals surface area contributed by atoms with E-state index in [4.69, 9.17) is 4.42 Å². The predicted molar refractivity (Wildman–Crippen MR) is 93.0 cm³/mol. The van der Waals surface area contributed by atoms with Gasteiger partial charge in [-0.2, -0.15) is 5.10 Å². The molecule has 1 fully saturated rings. The number of carbonyl (C=O) groups excluding carboxylic acids is 1. The fourth-order valence-electron chi connectivity index (χ4n) is 2.57. The number of carbonyl (C=O) groups is 1. The maximum absolute atomic E-state index is 12.2. The van der Waals surface area contributed by atoms with Crippen molar-refractivity contribution in [1.82, 2.24) is 20.1 Å². The Morgan fingerprint density at radius 1 is 1.32 bits per heavy atom. The fraction of sp³-hybridized carbons (Fsp3) is 0.278. The Labute approximate surface area is 145 Å². The number of urea groups is 1. The molecule has 1 aromatic carbocycles. The number of anilines is 1. The van der Waals surface area contributed by atoms with E-state index in [1.807, 2.05) is 30.3 Å². The summed E-state index contributed by atoms with van der Waals surface area (Å²) in [6.07, 6.45) is 3.97. The van der Waals surface area contributed by atoms with Crippen molar-refractivity contribution in [3.05, 3.63) is 54.2 Å². The molecule has 0 bridgehead atoms. The molecule has 0 atom stereocenters. The second kappa shape index (κ2) is 6.43. The lowest BCUT2D eigenvalue weighted by Gasteiger charge is -2.16. The third-order valence-corrected chi connectivity index (χ3v) is 4.18. The molecule has 7 nitrogen and oxygen atoms in total. The Morgan fingerprint density at radius 3 is 2.80 bits per heavy atom. The van der Waals surface area contributed by atoms with Gasteiger partial charge in [-0.1, -0.05) is 0 Å². The highest BCUT2D eigenvalue weighted by Crippen LogP contribution is 2.38. The van der Waals surface area contributed by atoms with Crippen molar-refractivity contribution in [1.29, 1.82) is 0 Å². The summed E-state index contributed by atoms with van der Waals surface area (Å²) >= 11 is 0. The zero-order chi connectivity index (χ0) is 17.2. The van der Waals surface area contributed by atoms with E-state index in [9.17, 15) is 4.79 Å². The minimum atomic E-state index is -0.196. The van der Waals surface area contributed by atoms with E-state index in [1.165, 1.54) is 12.8 Å². The number of aromatic nitrogens is 3. The van der Waals surface area contributed by atoms with Gasteiger partial charge in [0.2, 0.25) is 0 Å². The van der Waals surface area contributed by atoms with Gasteiger partial charge in [-0.3, -0.25) is 5.10 Å². The van der Waals surface area contributed by atoms with Crippen molar-refractivity contribution in [3.8, 4) is 11.4 Å². The molecule has 1 aliphatic rings. The minimum absolute atomic E-state index is 0.196. The summed E-state index contributed by atoms with van der Waals surface area (Å²) in [5.74, 6) is 2.94. The van der Waals surface area contributed by atoms with Crippen molar-refractivity contribution in [2.24, 2.45) is 0 Å². The minimum Gasteiger partial charge on any atom is -0.467 e. The number of amides is 2. The van der Waals surface area contributed by atoms with Crippen LogP contribution in [0.15, 0.2) is 47.1 Å². The van der Waals surface area contributed by atoms with Gasteiger partial charge in [0.05, 0.1) is 12.8 Å². The van der Waals surface area contributed by atoms with Crippen molar-refractivity contribution >= 4 is 11.7 Å². The number of hydrogen-bond donors (Lipinski definition) is 2. The molecule has 7 heteroatoms. The largest absolute Gasteiger partial charge is 0.467 e. The molecule has 3 aromatic rings. The highest BCUT2D eigenvalue weighted by molar-refractivity contribution is 5.89. The van der Waals surface area contributed by atoms with Gasteiger partial charge in [-0.05, 0) is 49.2 Å². The molecule has 0 aliphatic heterocycles. The van der Waals surface area contributed by atoms with Gasteiger partial charge in [-0.15, -0.1) is 0 Å². The zero-order valence-corrected chi connectivity index (χ0v) is 13.9. The van der Waals surface area contributed by atoms with Crippen molar-refractivity contribution in [2.45, 2.75) is 25.3 Å². The van der Waals surface area contributed by atoms with Crippen molar-refractivity contribution < 1.29 is 9.21 Å². The Balaban J connectivity index is 1.38. The maximum Gasteiger partial charge on any atom is 0.321 e. The molecule has 2 aromatic heterocycles. The lowest BCUT2D eigenvalue weighted by Crippen LogP contribution is -2.30. The first-order valence-electron chi connectivity index (χ1n) is 8.26. The number of aromatic amines is 1. The van der Waals surface area contributed by atoms with Crippen LogP contribution in [0.3, 0.4) is 0 Å². The van der Waals surface area contributed by atoms with Gasteiger partial charge >= 0.3 is 6.03 Å². The SMILES string of the molecule is CN(Cc1ccco1)C(=O)Nc1ccc(-c2n[nH]c(C3CC3)n2)cc1. The van der Waals surface area contributed by atoms with Crippen LogP contribution < -0.4 is 5.32 Å². The van der Waals surface area contributed by atoms with Crippen LogP contribution in [0.5, 0.6) is 0 Å². The average molecular weight is 337 g/mol. The third kappa shape index (κ3) is 3.55. The molecule has 2 amide bonds. The molecule has 2 N–H and O–H groups in total. The predicted octanol–water partition coefficient (Wildman–Crippen LogP) is 3.61. The molecular formula is C18H19N5O2. The normalized spacial score (nSPS) is 13.6. The molecule has 0 saturated heterocycles. The van der Waals surface area contributed by atoms with Gasteiger partial charge in [0.25, 0.3) is 0 Å². The quantitative estimate of drug-likeness (QED) is 0.744. The van der Waals surface area contributed by atoms with Crippen molar-refractivity contribution in [2.75, 3.05) is 12.4 Å². The van der Waals surface area contributed by atoms with Crippen LogP contribution in [-0.4, -0.2) is 33.2 Å². The first-order chi connectivity index (χ1) is 12.2. The summed E-state index contributed by atoms with van der Waals surface area (Å²) < 4.78 is 5.25. The molecule has 0 unspecified atom stereocenters. The molecule has 4 rings (SSSR count). The Morgan fingerprint density at radius 2 is 2.12 bits per heavy atom. The van der Waals surface area contributed by atoms with Crippen LogP contribution in [0.25, 0.3) is 11.4 Å². The second-order valence-corrected chi connectivity index (χ2v) is 6.26. The van der Waals surface area contributed by atoms with Crippen LogP contribution >= 0.6 is 0 Å². The second-order valence-electron chi connectivity index (χ2n) is 6.26. The molecule has 1 saturated carbocycles. The number of nitrogens with one attached hydrogen (secondary N) is 2. The fourth-order valence-corrected chi connectivity index (χ4v) is 2.57. The van der Waals surface area contributed by atoms with Gasteiger partial charge < -0.3 is 14.6 Å². The lowest BCUT2D eigenvalue weighted by atomic mass is 10.2. The molecule has 1 aliphatic carbocycles. The molecule has 0 spiro atoms. The summed E-state index contributed by atoms with van der Waals surface area (Å²) in [6, 6.07) is 11.0. The molecule has 2 heterocycles. The Kier molecular flexibility index (Phi) is 3.97. The van der Waals surface area contributed by atoms with E-state index in [2.05, 4.69) is 20.5 Å². The number of H-pyrrole nitrogens is 1. The molecule has 0 radical (unpaired) electrons. The number of rotatable bonds is 5. The van der Waals surface area contributed by atoms with E-state index >= 15 is 0 Å². The van der Waals surface area contributed by atoms with Crippen LogP contribution in [0, 0.1) is 0 Å². The number of furan rings is 1. The molecule has 25 heavy (non-hydrogen) atoms.